The van der Waals surface area contributed by atoms with Crippen LogP contribution in [0.4, 0.5) is 0 Å². The molecule has 0 saturated heterocycles. The molecule has 0 saturated carbocycles. The minimum atomic E-state index is -0.611. The summed E-state index contributed by atoms with van der Waals surface area (Å²) in [5, 5.41) is 14.5. The molecule has 1 atom stereocenters. The SMILES string of the molecule is c1ccc(-c2cc3ccccc3cc2-c2ccc3c(c2)c(-c2ccccc2)c(-c2ccccc2)c2cc(-c4ccc5c(c4)c4ccccc4p5-c4ccccc4)ccc23)cc1. The lowest BCUT2D eigenvalue weighted by Gasteiger charge is -2.21. The zero-order valence-corrected chi connectivity index (χ0v) is 34.4. The Kier molecular flexibility index (Phi) is 8.51. The predicted molar refractivity (Wildman–Crippen MR) is 265 cm³/mol. The van der Waals surface area contributed by atoms with E-state index in [0.29, 0.717) is 0 Å². The molecule has 0 N–H and O–H groups in total. The predicted octanol–water partition coefficient (Wildman–Crippen LogP) is 17.8. The molecule has 12 aromatic rings. The summed E-state index contributed by atoms with van der Waals surface area (Å²) in [7, 11) is -0.611. The van der Waals surface area contributed by atoms with Crippen LogP contribution in [0, 0.1) is 0 Å². The number of hydrogen-bond acceptors (Lipinski definition) is 0. The van der Waals surface area contributed by atoms with E-state index in [1.54, 1.807) is 0 Å². The van der Waals surface area contributed by atoms with Gasteiger partial charge in [-0.3, -0.25) is 0 Å². The molecule has 1 aromatic heterocycles. The van der Waals surface area contributed by atoms with Crippen LogP contribution in [0.25, 0.3) is 114 Å². The van der Waals surface area contributed by atoms with Gasteiger partial charge in [-0.2, -0.15) is 0 Å². The van der Waals surface area contributed by atoms with E-state index in [9.17, 15) is 0 Å². The van der Waals surface area contributed by atoms with Crippen LogP contribution >= 0.6 is 7.53 Å². The van der Waals surface area contributed by atoms with Gasteiger partial charge in [-0.05, 0) is 140 Å². The van der Waals surface area contributed by atoms with Crippen LogP contribution in [0.2, 0.25) is 0 Å². The molecule has 0 radical (unpaired) electrons. The molecule has 0 aliphatic heterocycles. The van der Waals surface area contributed by atoms with E-state index in [0.717, 1.165) is 0 Å². The molecule has 1 heterocycles. The standard InChI is InChI=1S/C60H39P/c1-5-17-40(18-6-1)52-35-43-23-13-14-24-44(43)36-53(52)47-30-33-50-49-32-29-45(38-55(49)59(41-19-7-2-8-20-41)60(56(50)39-47)42-21-9-3-10-22-42)46-31-34-58-54(37-46)51-27-15-16-28-57(51)61(58)48-25-11-4-12-26-48/h1-39H. The monoisotopic (exact) mass is 790 g/mol. The highest BCUT2D eigenvalue weighted by molar-refractivity contribution is 7.67. The van der Waals surface area contributed by atoms with Crippen LogP contribution < -0.4 is 0 Å². The Morgan fingerprint density at radius 2 is 0.656 bits per heavy atom. The molecule has 0 nitrogen and oxygen atoms in total. The van der Waals surface area contributed by atoms with Crippen LogP contribution in [0.15, 0.2) is 237 Å². The average Bonchev–Trinajstić information content (AvgIpc) is 3.67. The number of benzene rings is 11. The van der Waals surface area contributed by atoms with Gasteiger partial charge in [-0.15, -0.1) is 0 Å². The minimum Gasteiger partial charge on any atom is -0.0772 e. The Bertz CT molecular complexity index is 3600. The van der Waals surface area contributed by atoms with Crippen molar-refractivity contribution in [3.05, 3.63) is 237 Å². The maximum Gasteiger partial charge on any atom is 0.00687 e. The minimum absolute atomic E-state index is 0.611. The molecule has 1 heteroatoms. The van der Waals surface area contributed by atoms with Crippen LogP contribution in [-0.2, 0) is 0 Å². The van der Waals surface area contributed by atoms with E-state index in [1.807, 2.05) is 0 Å². The van der Waals surface area contributed by atoms with E-state index in [2.05, 4.69) is 237 Å². The van der Waals surface area contributed by atoms with Gasteiger partial charge >= 0.3 is 0 Å². The first kappa shape index (κ1) is 35.4. The van der Waals surface area contributed by atoms with Gasteiger partial charge in [0.05, 0.1) is 0 Å². The summed E-state index contributed by atoms with van der Waals surface area (Å²) in [6.45, 7) is 0. The highest BCUT2D eigenvalue weighted by atomic mass is 31.1. The molecule has 0 bridgehead atoms. The smallest absolute Gasteiger partial charge is 0.00687 e. The first-order valence-corrected chi connectivity index (χ1v) is 22.4. The van der Waals surface area contributed by atoms with Gasteiger partial charge in [0.1, 0.15) is 0 Å². The molecule has 0 aliphatic carbocycles. The lowest BCUT2D eigenvalue weighted by Crippen LogP contribution is -1.94. The van der Waals surface area contributed by atoms with E-state index < -0.39 is 7.53 Å². The summed E-state index contributed by atoms with van der Waals surface area (Å²) in [5.74, 6) is 0. The first-order valence-electron chi connectivity index (χ1n) is 21.1. The Labute approximate surface area is 356 Å². The maximum absolute atomic E-state index is 2.46. The van der Waals surface area contributed by atoms with Gasteiger partial charge in [0.2, 0.25) is 0 Å². The van der Waals surface area contributed by atoms with E-state index in [1.165, 1.54) is 114 Å². The van der Waals surface area contributed by atoms with Crippen molar-refractivity contribution in [2.45, 2.75) is 0 Å². The fourth-order valence-corrected chi connectivity index (χ4v) is 12.3. The van der Waals surface area contributed by atoms with Crippen molar-refractivity contribution >= 4 is 60.9 Å². The third-order valence-corrected chi connectivity index (χ3v) is 15.1. The zero-order valence-electron chi connectivity index (χ0n) is 33.5. The molecular formula is C60H39P. The van der Waals surface area contributed by atoms with Gasteiger partial charge < -0.3 is 0 Å². The van der Waals surface area contributed by atoms with E-state index >= 15 is 0 Å². The highest BCUT2D eigenvalue weighted by Crippen LogP contribution is 2.56. The largest absolute Gasteiger partial charge is 0.0772 e. The second-order valence-electron chi connectivity index (χ2n) is 16.0. The van der Waals surface area contributed by atoms with Gasteiger partial charge in [-0.1, -0.05) is 208 Å². The molecular weight excluding hydrogens is 752 g/mol. The summed E-state index contributed by atoms with van der Waals surface area (Å²) in [6, 6.07) is 87.9. The van der Waals surface area contributed by atoms with Gasteiger partial charge in [0, 0.05) is 10.2 Å². The lowest BCUT2D eigenvalue weighted by atomic mass is 9.82. The van der Waals surface area contributed by atoms with Crippen molar-refractivity contribution in [2.75, 3.05) is 0 Å². The van der Waals surface area contributed by atoms with Gasteiger partial charge in [0.15, 0.2) is 0 Å². The van der Waals surface area contributed by atoms with Crippen LogP contribution in [-0.4, -0.2) is 0 Å². The summed E-state index contributed by atoms with van der Waals surface area (Å²) in [6.07, 6.45) is 0. The maximum atomic E-state index is 2.46. The molecule has 0 spiro atoms. The highest BCUT2D eigenvalue weighted by Gasteiger charge is 2.21. The van der Waals surface area contributed by atoms with Crippen LogP contribution in [0.3, 0.4) is 0 Å². The molecule has 61 heavy (non-hydrogen) atoms. The summed E-state index contributed by atoms with van der Waals surface area (Å²) < 4.78 is 0. The number of rotatable bonds is 6. The summed E-state index contributed by atoms with van der Waals surface area (Å²) >= 11 is 0. The van der Waals surface area contributed by atoms with Gasteiger partial charge in [0.25, 0.3) is 0 Å². The van der Waals surface area contributed by atoms with E-state index in [-0.39, 0.29) is 0 Å². The third-order valence-electron chi connectivity index (χ3n) is 12.5. The Hall–Kier alpha value is -7.50. The van der Waals surface area contributed by atoms with Crippen molar-refractivity contribution in [3.8, 4) is 60.9 Å². The molecule has 1 unspecified atom stereocenters. The fourth-order valence-electron chi connectivity index (χ4n) is 9.74. The molecule has 284 valence electrons. The molecule has 0 fully saturated rings. The first-order chi connectivity index (χ1) is 30.3. The molecule has 0 amide bonds. The van der Waals surface area contributed by atoms with Crippen molar-refractivity contribution in [1.29, 1.82) is 0 Å². The van der Waals surface area contributed by atoms with Crippen LogP contribution in [0.1, 0.15) is 0 Å². The number of hydrogen-bond donors (Lipinski definition) is 0. The van der Waals surface area contributed by atoms with Crippen molar-refractivity contribution in [1.82, 2.24) is 0 Å². The fraction of sp³-hybridized carbons (Fsp3) is 0. The summed E-state index contributed by atoms with van der Waals surface area (Å²) in [5.41, 5.74) is 12.3. The second-order valence-corrected chi connectivity index (χ2v) is 18.2. The topological polar surface area (TPSA) is 0 Å². The lowest BCUT2D eigenvalue weighted by molar-refractivity contribution is 1.61. The zero-order chi connectivity index (χ0) is 40.3. The normalized spacial score (nSPS) is 11.9. The van der Waals surface area contributed by atoms with Gasteiger partial charge in [-0.25, -0.2) is 0 Å². The quantitative estimate of drug-likeness (QED) is 0.147. The van der Waals surface area contributed by atoms with E-state index in [4.69, 9.17) is 0 Å². The second kappa shape index (κ2) is 14.6. The molecule has 12 rings (SSSR count). The number of fused-ring (bicyclic) bond motifs is 7. The Balaban J connectivity index is 1.13. The molecule has 11 aromatic carbocycles. The average molecular weight is 791 g/mol. The Morgan fingerprint density at radius 3 is 1.26 bits per heavy atom. The van der Waals surface area contributed by atoms with Crippen LogP contribution in [0.5, 0.6) is 0 Å². The van der Waals surface area contributed by atoms with Crippen molar-refractivity contribution in [2.24, 2.45) is 0 Å². The van der Waals surface area contributed by atoms with Crippen molar-refractivity contribution < 1.29 is 0 Å². The third kappa shape index (κ3) is 5.99. The Morgan fingerprint density at radius 1 is 0.230 bits per heavy atom. The molecule has 0 aliphatic rings. The summed E-state index contributed by atoms with van der Waals surface area (Å²) in [4.78, 5) is 0. The van der Waals surface area contributed by atoms with Crippen molar-refractivity contribution in [3.63, 3.8) is 0 Å².